The Morgan fingerprint density at radius 3 is 2.62 bits per heavy atom. The van der Waals surface area contributed by atoms with Gasteiger partial charge in [-0.2, -0.15) is 0 Å². The summed E-state index contributed by atoms with van der Waals surface area (Å²) in [5, 5.41) is 6.27. The maximum atomic E-state index is 11.9. The van der Waals surface area contributed by atoms with Crippen molar-refractivity contribution in [2.24, 2.45) is 5.92 Å². The molecule has 2 N–H and O–H groups in total. The molecule has 0 saturated carbocycles. The quantitative estimate of drug-likeness (QED) is 0.867. The van der Waals surface area contributed by atoms with E-state index in [4.69, 9.17) is 0 Å². The number of rotatable bonds is 5. The zero-order valence-electron chi connectivity index (χ0n) is 12.5. The van der Waals surface area contributed by atoms with E-state index in [1.165, 1.54) is 5.69 Å². The molecule has 1 heterocycles. The number of nitrogens with one attached hydrogen (secondary N) is 2. The van der Waals surface area contributed by atoms with Crippen LogP contribution in [-0.2, 0) is 4.79 Å². The summed E-state index contributed by atoms with van der Waals surface area (Å²) in [7, 11) is 2.06. The molecule has 1 fully saturated rings. The van der Waals surface area contributed by atoms with Crippen molar-refractivity contribution in [1.82, 2.24) is 10.6 Å². The fourth-order valence-corrected chi connectivity index (χ4v) is 2.33. The first-order valence-corrected chi connectivity index (χ1v) is 6.95. The number of carbonyl (C=O) groups excluding carboxylic acids is 1. The smallest absolute Gasteiger partial charge is 0.224 e. The Morgan fingerprint density at radius 2 is 2.05 bits per heavy atom. The van der Waals surface area contributed by atoms with E-state index in [-0.39, 0.29) is 42.7 Å². The maximum Gasteiger partial charge on any atom is 0.224 e. The van der Waals surface area contributed by atoms with Crippen LogP contribution in [0.15, 0.2) is 30.3 Å². The Morgan fingerprint density at radius 1 is 1.38 bits per heavy atom. The van der Waals surface area contributed by atoms with Crippen molar-refractivity contribution in [2.45, 2.75) is 19.4 Å². The Balaban J connectivity index is 0.00000200. The lowest BCUT2D eigenvalue weighted by Crippen LogP contribution is -2.42. The van der Waals surface area contributed by atoms with Gasteiger partial charge >= 0.3 is 0 Å². The summed E-state index contributed by atoms with van der Waals surface area (Å²) in [5.74, 6) is 0.326. The number of carbonyl (C=O) groups is 1. The second-order valence-electron chi connectivity index (χ2n) is 5.23. The average Bonchev–Trinajstić information content (AvgIpc) is 2.98. The van der Waals surface area contributed by atoms with Crippen LogP contribution in [0.5, 0.6) is 0 Å². The number of halogens is 2. The van der Waals surface area contributed by atoms with Crippen LogP contribution in [0.3, 0.4) is 0 Å². The number of hydrogen-bond donors (Lipinski definition) is 2. The van der Waals surface area contributed by atoms with Gasteiger partial charge in [-0.25, -0.2) is 0 Å². The van der Waals surface area contributed by atoms with Crippen molar-refractivity contribution in [1.29, 1.82) is 0 Å². The average molecular weight is 334 g/mol. The second-order valence-corrected chi connectivity index (χ2v) is 5.23. The topological polar surface area (TPSA) is 44.4 Å². The lowest BCUT2D eigenvalue weighted by atomic mass is 10.1. The molecular formula is C15H25Cl2N3O. The molecule has 0 aromatic heterocycles. The van der Waals surface area contributed by atoms with Gasteiger partial charge in [0.1, 0.15) is 0 Å². The molecule has 0 spiro atoms. The molecule has 1 aliphatic rings. The fourth-order valence-electron chi connectivity index (χ4n) is 2.33. The molecule has 4 nitrogen and oxygen atoms in total. The number of para-hydroxylation sites is 1. The summed E-state index contributed by atoms with van der Waals surface area (Å²) >= 11 is 0. The SMILES string of the molecule is CC(CNC(=O)C1CCNC1)N(C)c1ccccc1.Cl.Cl. The minimum absolute atomic E-state index is 0. The normalized spacial score (nSPS) is 18.1. The van der Waals surface area contributed by atoms with E-state index in [1.54, 1.807) is 0 Å². The van der Waals surface area contributed by atoms with Crippen LogP contribution in [-0.4, -0.2) is 38.6 Å². The summed E-state index contributed by atoms with van der Waals surface area (Å²) in [6.07, 6.45) is 0.953. The van der Waals surface area contributed by atoms with Gasteiger partial charge < -0.3 is 15.5 Å². The highest BCUT2D eigenvalue weighted by molar-refractivity contribution is 5.85. The molecule has 0 aliphatic carbocycles. The highest BCUT2D eigenvalue weighted by Crippen LogP contribution is 2.14. The van der Waals surface area contributed by atoms with E-state index in [0.717, 1.165) is 19.5 Å². The van der Waals surface area contributed by atoms with Crippen LogP contribution in [0.1, 0.15) is 13.3 Å². The molecule has 0 bridgehead atoms. The predicted molar refractivity (Wildman–Crippen MR) is 92.8 cm³/mol. The van der Waals surface area contributed by atoms with Crippen LogP contribution in [0.2, 0.25) is 0 Å². The first-order chi connectivity index (χ1) is 9.18. The Kier molecular flexibility index (Phi) is 9.42. The fraction of sp³-hybridized carbons (Fsp3) is 0.533. The summed E-state index contributed by atoms with van der Waals surface area (Å²) in [6, 6.07) is 10.5. The number of hydrogen-bond acceptors (Lipinski definition) is 3. The van der Waals surface area contributed by atoms with E-state index in [0.29, 0.717) is 6.54 Å². The molecule has 2 rings (SSSR count). The third-order valence-electron chi connectivity index (χ3n) is 3.83. The zero-order valence-corrected chi connectivity index (χ0v) is 14.2. The van der Waals surface area contributed by atoms with Gasteiger partial charge in [0.25, 0.3) is 0 Å². The van der Waals surface area contributed by atoms with Crippen molar-refractivity contribution >= 4 is 36.4 Å². The molecule has 1 aromatic rings. The molecule has 6 heteroatoms. The lowest BCUT2D eigenvalue weighted by molar-refractivity contribution is -0.124. The van der Waals surface area contributed by atoms with Crippen LogP contribution in [0, 0.1) is 5.92 Å². The Bertz CT molecular complexity index is 411. The number of anilines is 1. The van der Waals surface area contributed by atoms with Gasteiger partial charge in [0.05, 0.1) is 5.92 Å². The van der Waals surface area contributed by atoms with E-state index in [2.05, 4.69) is 41.6 Å². The number of benzene rings is 1. The van der Waals surface area contributed by atoms with E-state index < -0.39 is 0 Å². The minimum Gasteiger partial charge on any atom is -0.370 e. The lowest BCUT2D eigenvalue weighted by Gasteiger charge is -2.27. The summed E-state index contributed by atoms with van der Waals surface area (Å²) in [5.41, 5.74) is 1.17. The molecule has 1 amide bonds. The van der Waals surface area contributed by atoms with Crippen molar-refractivity contribution < 1.29 is 4.79 Å². The highest BCUT2D eigenvalue weighted by Gasteiger charge is 2.22. The Labute approximate surface area is 139 Å². The van der Waals surface area contributed by atoms with Gasteiger partial charge in [-0.3, -0.25) is 4.79 Å². The van der Waals surface area contributed by atoms with Gasteiger partial charge in [-0.15, -0.1) is 24.8 Å². The molecule has 1 saturated heterocycles. The molecule has 2 unspecified atom stereocenters. The molecular weight excluding hydrogens is 309 g/mol. The van der Waals surface area contributed by atoms with Crippen molar-refractivity contribution in [3.8, 4) is 0 Å². The van der Waals surface area contributed by atoms with Gasteiger partial charge in [0, 0.05) is 31.9 Å². The van der Waals surface area contributed by atoms with Crippen LogP contribution in [0.4, 0.5) is 5.69 Å². The standard InChI is InChI=1S/C15H23N3O.2ClH/c1-12(18(2)14-6-4-3-5-7-14)10-17-15(19)13-8-9-16-11-13;;/h3-7,12-13,16H,8-11H2,1-2H3,(H,17,19);2*1H. The van der Waals surface area contributed by atoms with Crippen LogP contribution >= 0.6 is 24.8 Å². The van der Waals surface area contributed by atoms with Crippen molar-refractivity contribution in [3.05, 3.63) is 30.3 Å². The number of likely N-dealkylation sites (N-methyl/N-ethyl adjacent to an activating group) is 1. The van der Waals surface area contributed by atoms with E-state index in [1.807, 2.05) is 18.2 Å². The van der Waals surface area contributed by atoms with Crippen LogP contribution < -0.4 is 15.5 Å². The van der Waals surface area contributed by atoms with Crippen molar-refractivity contribution in [2.75, 3.05) is 31.6 Å². The summed E-state index contributed by atoms with van der Waals surface area (Å²) in [4.78, 5) is 14.1. The molecule has 1 aliphatic heterocycles. The van der Waals surface area contributed by atoms with Gasteiger partial charge in [0.2, 0.25) is 5.91 Å². The number of amides is 1. The first-order valence-electron chi connectivity index (χ1n) is 6.95. The largest absolute Gasteiger partial charge is 0.370 e. The molecule has 0 radical (unpaired) electrons. The molecule has 1 aromatic carbocycles. The summed E-state index contributed by atoms with van der Waals surface area (Å²) < 4.78 is 0. The monoisotopic (exact) mass is 333 g/mol. The Hall–Kier alpha value is -0.970. The highest BCUT2D eigenvalue weighted by atomic mass is 35.5. The molecule has 2 atom stereocenters. The second kappa shape index (κ2) is 9.87. The van der Waals surface area contributed by atoms with Gasteiger partial charge in [-0.1, -0.05) is 18.2 Å². The van der Waals surface area contributed by atoms with Crippen molar-refractivity contribution in [3.63, 3.8) is 0 Å². The van der Waals surface area contributed by atoms with Crippen LogP contribution in [0.25, 0.3) is 0 Å². The molecule has 21 heavy (non-hydrogen) atoms. The third kappa shape index (κ3) is 5.73. The zero-order chi connectivity index (χ0) is 13.7. The van der Waals surface area contributed by atoms with Gasteiger partial charge in [0.15, 0.2) is 0 Å². The maximum absolute atomic E-state index is 11.9. The summed E-state index contributed by atoms with van der Waals surface area (Å²) in [6.45, 7) is 4.58. The molecule has 120 valence electrons. The van der Waals surface area contributed by atoms with E-state index >= 15 is 0 Å². The number of nitrogens with zero attached hydrogens (tertiary/aromatic N) is 1. The predicted octanol–water partition coefficient (Wildman–Crippen LogP) is 2.08. The van der Waals surface area contributed by atoms with Gasteiger partial charge in [-0.05, 0) is 32.0 Å². The third-order valence-corrected chi connectivity index (χ3v) is 3.83. The van der Waals surface area contributed by atoms with E-state index in [9.17, 15) is 4.79 Å². The first kappa shape index (κ1) is 20.0. The minimum atomic E-state index is 0.